The van der Waals surface area contributed by atoms with Crippen molar-refractivity contribution in [3.05, 3.63) is 101 Å². The molecule has 0 amide bonds. The highest BCUT2D eigenvalue weighted by molar-refractivity contribution is 5.97. The van der Waals surface area contributed by atoms with Gasteiger partial charge in [-0.1, -0.05) is 100 Å². The van der Waals surface area contributed by atoms with E-state index in [1.54, 1.807) is 6.07 Å². The van der Waals surface area contributed by atoms with Crippen LogP contribution in [0.3, 0.4) is 0 Å². The summed E-state index contributed by atoms with van der Waals surface area (Å²) in [5.41, 5.74) is 3.36. The lowest BCUT2D eigenvalue weighted by Gasteiger charge is -2.39. The van der Waals surface area contributed by atoms with Gasteiger partial charge in [0.15, 0.2) is 5.78 Å². The van der Waals surface area contributed by atoms with Gasteiger partial charge in [-0.15, -0.1) is 0 Å². The molecule has 150 valence electrons. The summed E-state index contributed by atoms with van der Waals surface area (Å²) in [4.78, 5) is 13.3. The highest BCUT2D eigenvalue weighted by atomic mass is 16.3. The van der Waals surface area contributed by atoms with E-state index in [1.165, 1.54) is 0 Å². The van der Waals surface area contributed by atoms with Crippen molar-refractivity contribution in [2.45, 2.75) is 45.4 Å². The molecule has 0 aromatic heterocycles. The van der Waals surface area contributed by atoms with Crippen LogP contribution in [-0.4, -0.2) is 10.9 Å². The molecule has 3 rings (SSSR count). The van der Waals surface area contributed by atoms with Crippen LogP contribution >= 0.6 is 0 Å². The molecule has 0 saturated heterocycles. The van der Waals surface area contributed by atoms with E-state index in [1.807, 2.05) is 54.6 Å². The Morgan fingerprint density at radius 1 is 0.828 bits per heavy atom. The van der Waals surface area contributed by atoms with Crippen molar-refractivity contribution >= 4 is 5.78 Å². The first kappa shape index (κ1) is 20.9. The van der Waals surface area contributed by atoms with E-state index in [-0.39, 0.29) is 17.6 Å². The maximum Gasteiger partial charge on any atom is 0.164 e. The molecule has 0 aliphatic carbocycles. The maximum atomic E-state index is 13.3. The molecular weight excluding hydrogens is 356 g/mol. The van der Waals surface area contributed by atoms with Gasteiger partial charge < -0.3 is 5.11 Å². The lowest BCUT2D eigenvalue weighted by atomic mass is 9.63. The first-order valence-corrected chi connectivity index (χ1v) is 10.3. The van der Waals surface area contributed by atoms with Crippen LogP contribution < -0.4 is 0 Å². The SMILES string of the molecule is CC(C)c1cc(C(CC(=O)c2ccccc2)(c2ccccc2)C(C)C)ccc1O. The molecule has 0 fully saturated rings. The Labute approximate surface area is 174 Å². The average molecular weight is 387 g/mol. The number of phenolic OH excluding ortho intramolecular Hbond substituents is 1. The van der Waals surface area contributed by atoms with E-state index in [0.717, 1.165) is 22.3 Å². The first-order valence-electron chi connectivity index (χ1n) is 10.3. The van der Waals surface area contributed by atoms with Gasteiger partial charge >= 0.3 is 0 Å². The summed E-state index contributed by atoms with van der Waals surface area (Å²) in [5.74, 6) is 0.814. The molecule has 0 saturated carbocycles. The van der Waals surface area contributed by atoms with Crippen LogP contribution in [0.1, 0.15) is 67.1 Å². The van der Waals surface area contributed by atoms with Crippen LogP contribution in [0.25, 0.3) is 0 Å². The van der Waals surface area contributed by atoms with Crippen molar-refractivity contribution in [1.29, 1.82) is 0 Å². The van der Waals surface area contributed by atoms with Crippen LogP contribution in [0.5, 0.6) is 5.75 Å². The lowest BCUT2D eigenvalue weighted by Crippen LogP contribution is -2.36. The Kier molecular flexibility index (Phi) is 6.22. The molecule has 0 radical (unpaired) electrons. The van der Waals surface area contributed by atoms with Crippen LogP contribution in [0.4, 0.5) is 0 Å². The summed E-state index contributed by atoms with van der Waals surface area (Å²) >= 11 is 0. The van der Waals surface area contributed by atoms with E-state index in [0.29, 0.717) is 12.2 Å². The topological polar surface area (TPSA) is 37.3 Å². The van der Waals surface area contributed by atoms with Gasteiger partial charge in [-0.05, 0) is 34.6 Å². The summed E-state index contributed by atoms with van der Waals surface area (Å²) in [6.45, 7) is 8.50. The van der Waals surface area contributed by atoms with E-state index >= 15 is 0 Å². The largest absolute Gasteiger partial charge is 0.508 e. The molecule has 0 aliphatic rings. The fourth-order valence-electron chi connectivity index (χ4n) is 4.25. The van der Waals surface area contributed by atoms with E-state index in [9.17, 15) is 9.90 Å². The second-order valence-corrected chi connectivity index (χ2v) is 8.39. The molecule has 0 aliphatic heterocycles. The van der Waals surface area contributed by atoms with Crippen molar-refractivity contribution in [2.75, 3.05) is 0 Å². The Hall–Kier alpha value is -2.87. The minimum atomic E-state index is -0.481. The molecule has 3 aromatic carbocycles. The van der Waals surface area contributed by atoms with Gasteiger partial charge in [-0.3, -0.25) is 4.79 Å². The van der Waals surface area contributed by atoms with Gasteiger partial charge in [-0.25, -0.2) is 0 Å². The normalized spacial score (nSPS) is 13.4. The molecule has 1 atom stereocenters. The summed E-state index contributed by atoms with van der Waals surface area (Å²) in [6, 6.07) is 25.6. The number of hydrogen-bond donors (Lipinski definition) is 1. The number of benzene rings is 3. The lowest BCUT2D eigenvalue weighted by molar-refractivity contribution is 0.0944. The third kappa shape index (κ3) is 4.12. The quantitative estimate of drug-likeness (QED) is 0.457. The molecular formula is C27H30O2. The van der Waals surface area contributed by atoms with Gasteiger partial charge in [0.05, 0.1) is 0 Å². The highest BCUT2D eigenvalue weighted by Gasteiger charge is 2.40. The van der Waals surface area contributed by atoms with Crippen molar-refractivity contribution in [3.63, 3.8) is 0 Å². The number of carbonyl (C=O) groups is 1. The summed E-state index contributed by atoms with van der Waals surface area (Å²) in [6.07, 6.45) is 0.376. The molecule has 2 nitrogen and oxygen atoms in total. The number of carbonyl (C=O) groups excluding carboxylic acids is 1. The Balaban J connectivity index is 2.21. The van der Waals surface area contributed by atoms with Gasteiger partial charge in [0.25, 0.3) is 0 Å². The zero-order valence-corrected chi connectivity index (χ0v) is 17.7. The van der Waals surface area contributed by atoms with Crippen molar-refractivity contribution in [2.24, 2.45) is 5.92 Å². The number of phenols is 1. The monoisotopic (exact) mass is 386 g/mol. The molecule has 3 aromatic rings. The summed E-state index contributed by atoms with van der Waals surface area (Å²) < 4.78 is 0. The molecule has 0 spiro atoms. The van der Waals surface area contributed by atoms with Crippen LogP contribution in [-0.2, 0) is 5.41 Å². The van der Waals surface area contributed by atoms with E-state index < -0.39 is 5.41 Å². The zero-order chi connectivity index (χ0) is 21.0. The minimum absolute atomic E-state index is 0.127. The number of aromatic hydroxyl groups is 1. The van der Waals surface area contributed by atoms with Gasteiger partial charge in [0.2, 0.25) is 0 Å². The summed E-state index contributed by atoms with van der Waals surface area (Å²) in [7, 11) is 0. The van der Waals surface area contributed by atoms with Crippen LogP contribution in [0.15, 0.2) is 78.9 Å². The fourth-order valence-corrected chi connectivity index (χ4v) is 4.25. The minimum Gasteiger partial charge on any atom is -0.508 e. The molecule has 1 N–H and O–H groups in total. The van der Waals surface area contributed by atoms with Crippen molar-refractivity contribution in [1.82, 2.24) is 0 Å². The number of Topliss-reactive ketones (excluding diaryl/α,β-unsaturated/α-hetero) is 1. The van der Waals surface area contributed by atoms with E-state index in [2.05, 4.69) is 45.9 Å². The van der Waals surface area contributed by atoms with Gasteiger partial charge in [0.1, 0.15) is 5.75 Å². The predicted molar refractivity (Wildman–Crippen MR) is 120 cm³/mol. The molecule has 1 unspecified atom stereocenters. The number of rotatable bonds is 7. The smallest absolute Gasteiger partial charge is 0.164 e. The van der Waals surface area contributed by atoms with Crippen LogP contribution in [0, 0.1) is 5.92 Å². The molecule has 29 heavy (non-hydrogen) atoms. The predicted octanol–water partition coefficient (Wildman–Crippen LogP) is 6.73. The fraction of sp³-hybridized carbons (Fsp3) is 0.296. The van der Waals surface area contributed by atoms with E-state index in [4.69, 9.17) is 0 Å². The number of ketones is 1. The van der Waals surface area contributed by atoms with Gasteiger partial charge in [-0.2, -0.15) is 0 Å². The molecule has 2 heteroatoms. The third-order valence-corrected chi connectivity index (χ3v) is 5.97. The van der Waals surface area contributed by atoms with Crippen LogP contribution in [0.2, 0.25) is 0 Å². The second kappa shape index (κ2) is 8.65. The standard InChI is InChI=1S/C27H30O2/c1-19(2)24-17-23(15-16-25(24)28)27(20(3)4,22-13-9-6-10-14-22)18-26(29)21-11-7-5-8-12-21/h5-17,19-20,28H,18H2,1-4H3. The number of hydrogen-bond acceptors (Lipinski definition) is 2. The molecule has 0 bridgehead atoms. The third-order valence-electron chi connectivity index (χ3n) is 5.97. The second-order valence-electron chi connectivity index (χ2n) is 8.39. The summed E-state index contributed by atoms with van der Waals surface area (Å²) in [5, 5.41) is 10.4. The molecule has 0 heterocycles. The zero-order valence-electron chi connectivity index (χ0n) is 17.7. The Morgan fingerprint density at radius 3 is 1.97 bits per heavy atom. The first-order chi connectivity index (χ1) is 13.9. The highest BCUT2D eigenvalue weighted by Crippen LogP contribution is 2.45. The van der Waals surface area contributed by atoms with Crippen molar-refractivity contribution in [3.8, 4) is 5.75 Å². The Morgan fingerprint density at radius 2 is 1.41 bits per heavy atom. The van der Waals surface area contributed by atoms with Crippen molar-refractivity contribution < 1.29 is 9.90 Å². The van der Waals surface area contributed by atoms with Gasteiger partial charge in [0, 0.05) is 17.4 Å². The average Bonchev–Trinajstić information content (AvgIpc) is 2.73. The Bertz CT molecular complexity index is 958. The maximum absolute atomic E-state index is 13.3.